The molecule has 5 heteroatoms. The maximum atomic E-state index is 12.4. The molecular formula is C19H21NO3S. The molecule has 0 aliphatic carbocycles. The topological polar surface area (TPSA) is 38.8 Å². The zero-order valence-corrected chi connectivity index (χ0v) is 14.7. The molecule has 24 heavy (non-hydrogen) atoms. The first-order valence-corrected chi connectivity index (χ1v) is 8.93. The summed E-state index contributed by atoms with van der Waals surface area (Å²) in [5.41, 5.74) is 1.19. The fourth-order valence-corrected chi connectivity index (χ4v) is 3.50. The van der Waals surface area contributed by atoms with Gasteiger partial charge in [0.05, 0.1) is 12.3 Å². The maximum Gasteiger partial charge on any atom is 0.232 e. The number of para-hydroxylation sites is 2. The smallest absolute Gasteiger partial charge is 0.232 e. The molecule has 1 amide bonds. The Balaban J connectivity index is 1.51. The van der Waals surface area contributed by atoms with Crippen molar-refractivity contribution in [1.82, 2.24) is 4.90 Å². The molecule has 0 saturated heterocycles. The van der Waals surface area contributed by atoms with E-state index in [9.17, 15) is 4.79 Å². The van der Waals surface area contributed by atoms with Gasteiger partial charge < -0.3 is 14.4 Å². The first-order chi connectivity index (χ1) is 11.6. The Morgan fingerprint density at radius 3 is 2.67 bits per heavy atom. The van der Waals surface area contributed by atoms with E-state index < -0.39 is 0 Å². The highest BCUT2D eigenvalue weighted by molar-refractivity contribution is 8.00. The number of hydrogen-bond acceptors (Lipinski definition) is 4. The Morgan fingerprint density at radius 2 is 1.88 bits per heavy atom. The van der Waals surface area contributed by atoms with Crippen molar-refractivity contribution < 1.29 is 14.3 Å². The summed E-state index contributed by atoms with van der Waals surface area (Å²) in [7, 11) is 1.81. The molecule has 4 nitrogen and oxygen atoms in total. The van der Waals surface area contributed by atoms with Gasteiger partial charge in [0.2, 0.25) is 5.91 Å². The van der Waals surface area contributed by atoms with Crippen molar-refractivity contribution in [3.8, 4) is 11.5 Å². The second-order valence-corrected chi connectivity index (χ2v) is 6.84. The Morgan fingerprint density at radius 1 is 1.17 bits per heavy atom. The lowest BCUT2D eigenvalue weighted by Crippen LogP contribution is -2.42. The van der Waals surface area contributed by atoms with Crippen LogP contribution in [0.25, 0.3) is 0 Å². The Bertz CT molecular complexity index is 719. The number of amides is 1. The average molecular weight is 343 g/mol. The normalized spacial score (nSPS) is 15.8. The summed E-state index contributed by atoms with van der Waals surface area (Å²) in [6.07, 6.45) is -0.141. The molecule has 0 N–H and O–H groups in total. The van der Waals surface area contributed by atoms with Crippen molar-refractivity contribution in [2.45, 2.75) is 17.9 Å². The molecule has 0 aromatic heterocycles. The van der Waals surface area contributed by atoms with E-state index in [0.29, 0.717) is 18.9 Å². The molecule has 0 saturated carbocycles. The number of nitrogens with zero attached hydrogens (tertiary/aromatic N) is 1. The minimum Gasteiger partial charge on any atom is -0.486 e. The molecule has 1 heterocycles. The lowest BCUT2D eigenvalue weighted by atomic mass is 10.2. The molecule has 0 fully saturated rings. The molecule has 0 spiro atoms. The fourth-order valence-electron chi connectivity index (χ4n) is 2.53. The summed E-state index contributed by atoms with van der Waals surface area (Å²) >= 11 is 1.57. The summed E-state index contributed by atoms with van der Waals surface area (Å²) in [6, 6.07) is 15.7. The third-order valence-electron chi connectivity index (χ3n) is 3.92. The first kappa shape index (κ1) is 16.7. The van der Waals surface area contributed by atoms with Gasteiger partial charge in [0, 0.05) is 11.9 Å². The van der Waals surface area contributed by atoms with Crippen LogP contribution in [0.2, 0.25) is 0 Å². The van der Waals surface area contributed by atoms with E-state index in [1.165, 1.54) is 5.56 Å². The molecule has 2 aromatic rings. The number of rotatable bonds is 5. The van der Waals surface area contributed by atoms with E-state index in [4.69, 9.17) is 9.47 Å². The SMILES string of the molecule is Cc1ccccc1SCC(=O)N(C)CC1COc2ccccc2O1. The van der Waals surface area contributed by atoms with Gasteiger partial charge in [-0.1, -0.05) is 30.3 Å². The summed E-state index contributed by atoms with van der Waals surface area (Å²) in [5.74, 6) is 2.01. The van der Waals surface area contributed by atoms with Crippen LogP contribution in [0.1, 0.15) is 5.56 Å². The molecule has 1 aliphatic rings. The van der Waals surface area contributed by atoms with Gasteiger partial charge in [-0.25, -0.2) is 0 Å². The van der Waals surface area contributed by atoms with Crippen LogP contribution in [-0.2, 0) is 4.79 Å². The minimum absolute atomic E-state index is 0.0886. The van der Waals surface area contributed by atoms with Crippen LogP contribution in [0, 0.1) is 6.92 Å². The number of fused-ring (bicyclic) bond motifs is 1. The van der Waals surface area contributed by atoms with Gasteiger partial charge in [0.15, 0.2) is 17.6 Å². The van der Waals surface area contributed by atoms with E-state index in [0.717, 1.165) is 16.4 Å². The summed E-state index contributed by atoms with van der Waals surface area (Å²) in [5, 5.41) is 0. The molecule has 3 rings (SSSR count). The van der Waals surface area contributed by atoms with Crippen molar-refractivity contribution in [3.63, 3.8) is 0 Å². The lowest BCUT2D eigenvalue weighted by Gasteiger charge is -2.29. The molecule has 2 aromatic carbocycles. The largest absolute Gasteiger partial charge is 0.486 e. The van der Waals surface area contributed by atoms with Crippen molar-refractivity contribution in [2.75, 3.05) is 26.0 Å². The molecule has 1 unspecified atom stereocenters. The van der Waals surface area contributed by atoms with Gasteiger partial charge in [0.1, 0.15) is 6.61 Å². The van der Waals surface area contributed by atoms with Crippen LogP contribution >= 0.6 is 11.8 Å². The highest BCUT2D eigenvalue weighted by atomic mass is 32.2. The number of hydrogen-bond donors (Lipinski definition) is 0. The van der Waals surface area contributed by atoms with E-state index in [-0.39, 0.29) is 12.0 Å². The molecular weight excluding hydrogens is 322 g/mol. The molecule has 1 atom stereocenters. The highest BCUT2D eigenvalue weighted by Crippen LogP contribution is 2.31. The van der Waals surface area contributed by atoms with E-state index >= 15 is 0 Å². The number of carbonyl (C=O) groups excluding carboxylic acids is 1. The van der Waals surface area contributed by atoms with Crippen LogP contribution in [0.5, 0.6) is 11.5 Å². The van der Waals surface area contributed by atoms with Crippen LogP contribution in [0.15, 0.2) is 53.4 Å². The second kappa shape index (κ2) is 7.62. The molecule has 0 radical (unpaired) electrons. The summed E-state index contributed by atoms with van der Waals surface area (Å²) in [4.78, 5) is 15.2. The zero-order valence-electron chi connectivity index (χ0n) is 13.9. The predicted octanol–water partition coefficient (Wildman–Crippen LogP) is 3.39. The number of benzene rings is 2. The third kappa shape index (κ3) is 4.03. The summed E-state index contributed by atoms with van der Waals surface area (Å²) in [6.45, 7) is 3.03. The number of aryl methyl sites for hydroxylation is 1. The minimum atomic E-state index is -0.141. The van der Waals surface area contributed by atoms with Crippen LogP contribution in [0.3, 0.4) is 0 Å². The first-order valence-electron chi connectivity index (χ1n) is 7.94. The maximum absolute atomic E-state index is 12.4. The third-order valence-corrected chi connectivity index (χ3v) is 5.08. The van der Waals surface area contributed by atoms with E-state index in [1.807, 2.05) is 49.5 Å². The van der Waals surface area contributed by atoms with Crippen molar-refractivity contribution in [1.29, 1.82) is 0 Å². The van der Waals surface area contributed by atoms with Gasteiger partial charge in [-0.05, 0) is 30.7 Å². The van der Waals surface area contributed by atoms with Crippen molar-refractivity contribution in [2.24, 2.45) is 0 Å². The highest BCUT2D eigenvalue weighted by Gasteiger charge is 2.23. The van der Waals surface area contributed by atoms with Crippen molar-refractivity contribution >= 4 is 17.7 Å². The number of ether oxygens (including phenoxy) is 2. The molecule has 1 aliphatic heterocycles. The number of likely N-dealkylation sites (N-methyl/N-ethyl adjacent to an activating group) is 1. The van der Waals surface area contributed by atoms with Gasteiger partial charge in [-0.15, -0.1) is 11.8 Å². The van der Waals surface area contributed by atoms with Gasteiger partial charge in [-0.2, -0.15) is 0 Å². The molecule has 0 bridgehead atoms. The Kier molecular flexibility index (Phi) is 5.30. The average Bonchev–Trinajstić information content (AvgIpc) is 2.60. The Labute approximate surface area is 146 Å². The zero-order chi connectivity index (χ0) is 16.9. The quantitative estimate of drug-likeness (QED) is 0.780. The van der Waals surface area contributed by atoms with Gasteiger partial charge in [-0.3, -0.25) is 4.79 Å². The van der Waals surface area contributed by atoms with Gasteiger partial charge in [0.25, 0.3) is 0 Å². The Hall–Kier alpha value is -2.14. The predicted molar refractivity (Wildman–Crippen MR) is 95.9 cm³/mol. The van der Waals surface area contributed by atoms with Crippen LogP contribution in [-0.4, -0.2) is 42.9 Å². The van der Waals surface area contributed by atoms with Crippen LogP contribution < -0.4 is 9.47 Å². The molecule has 126 valence electrons. The van der Waals surface area contributed by atoms with Crippen molar-refractivity contribution in [3.05, 3.63) is 54.1 Å². The second-order valence-electron chi connectivity index (χ2n) is 5.83. The number of thioether (sulfide) groups is 1. The fraction of sp³-hybridized carbons (Fsp3) is 0.316. The van der Waals surface area contributed by atoms with E-state index in [2.05, 4.69) is 13.0 Å². The van der Waals surface area contributed by atoms with Crippen LogP contribution in [0.4, 0.5) is 0 Å². The van der Waals surface area contributed by atoms with E-state index in [1.54, 1.807) is 16.7 Å². The lowest BCUT2D eigenvalue weighted by molar-refractivity contribution is -0.128. The summed E-state index contributed by atoms with van der Waals surface area (Å²) < 4.78 is 11.6. The monoisotopic (exact) mass is 343 g/mol. The number of carbonyl (C=O) groups is 1. The van der Waals surface area contributed by atoms with Gasteiger partial charge >= 0.3 is 0 Å². The standard InChI is InChI=1S/C19H21NO3S/c1-14-7-3-6-10-18(14)24-13-19(21)20(2)11-15-12-22-16-8-4-5-9-17(16)23-15/h3-10,15H,11-13H2,1-2H3.